The monoisotopic (exact) mass is 688 g/mol. The third kappa shape index (κ3) is 8.86. The van der Waals surface area contributed by atoms with Crippen molar-refractivity contribution in [1.29, 1.82) is 0 Å². The molecule has 4 unspecified atom stereocenters. The molecule has 0 aliphatic carbocycles. The third-order valence-electron chi connectivity index (χ3n) is 10.8. The lowest BCUT2D eigenvalue weighted by Crippen LogP contribution is -2.05. The second-order valence-corrected chi connectivity index (χ2v) is 14.9. The Morgan fingerprint density at radius 3 is 0.654 bits per heavy atom. The summed E-state index contributed by atoms with van der Waals surface area (Å²) in [6, 6.07) is 50.4. The highest BCUT2D eigenvalue weighted by atomic mass is 16.3. The summed E-state index contributed by atoms with van der Waals surface area (Å²) in [6.45, 7) is 17.5. The third-order valence-corrected chi connectivity index (χ3v) is 10.8. The van der Waals surface area contributed by atoms with Gasteiger partial charge in [0.1, 0.15) is 11.5 Å². The minimum atomic E-state index is 0.150. The Bertz CT molecular complexity index is 1720. The van der Waals surface area contributed by atoms with Crippen LogP contribution in [0.15, 0.2) is 146 Å². The summed E-state index contributed by atoms with van der Waals surface area (Å²) in [7, 11) is 0. The van der Waals surface area contributed by atoms with Gasteiger partial charge in [0.2, 0.25) is 0 Å². The van der Waals surface area contributed by atoms with Crippen molar-refractivity contribution < 1.29 is 10.2 Å². The van der Waals surface area contributed by atoms with E-state index in [-0.39, 0.29) is 23.7 Å². The number of phenolic OH excluding ortho intramolecular Hbond substituents is 2. The zero-order valence-corrected chi connectivity index (χ0v) is 32.2. The van der Waals surface area contributed by atoms with Crippen LogP contribution in [0.4, 0.5) is 0 Å². The fourth-order valence-electron chi connectivity index (χ4n) is 7.08. The van der Waals surface area contributed by atoms with Gasteiger partial charge < -0.3 is 10.2 Å². The lowest BCUT2D eigenvalue weighted by Gasteiger charge is -2.23. The van der Waals surface area contributed by atoms with Gasteiger partial charge in [0, 0.05) is 45.9 Å². The SMILES string of the molecule is CC(C)c1cc(C(C)c2ccccc2)c(O)c(C(C)c2ccccc2)c1.CC(C)c1cc(C(C)c2ccccc2)c(O)c(C(C)c2ccccc2)c1. The smallest absolute Gasteiger partial charge is 0.123 e. The molecule has 6 rings (SSSR count). The topological polar surface area (TPSA) is 40.5 Å². The van der Waals surface area contributed by atoms with E-state index >= 15 is 0 Å². The molecule has 0 saturated heterocycles. The van der Waals surface area contributed by atoms with Crippen LogP contribution >= 0.6 is 0 Å². The summed E-state index contributed by atoms with van der Waals surface area (Å²) in [6.07, 6.45) is 0. The highest BCUT2D eigenvalue weighted by Gasteiger charge is 2.23. The molecule has 2 nitrogen and oxygen atoms in total. The average Bonchev–Trinajstić information content (AvgIpc) is 3.18. The van der Waals surface area contributed by atoms with E-state index in [9.17, 15) is 10.2 Å². The van der Waals surface area contributed by atoms with E-state index in [0.29, 0.717) is 23.3 Å². The van der Waals surface area contributed by atoms with Gasteiger partial charge in [0.05, 0.1) is 0 Å². The Balaban J connectivity index is 0.000000201. The molecule has 2 N–H and O–H groups in total. The van der Waals surface area contributed by atoms with E-state index < -0.39 is 0 Å². The molecule has 0 aliphatic rings. The van der Waals surface area contributed by atoms with Crippen molar-refractivity contribution in [1.82, 2.24) is 0 Å². The maximum atomic E-state index is 11.2. The van der Waals surface area contributed by atoms with Gasteiger partial charge in [0.15, 0.2) is 0 Å². The second-order valence-electron chi connectivity index (χ2n) is 14.9. The van der Waals surface area contributed by atoms with E-state index in [4.69, 9.17) is 0 Å². The molecule has 52 heavy (non-hydrogen) atoms. The molecule has 0 bridgehead atoms. The van der Waals surface area contributed by atoms with Crippen LogP contribution in [0, 0.1) is 0 Å². The van der Waals surface area contributed by atoms with Crippen LogP contribution in [0.1, 0.15) is 147 Å². The molecule has 0 saturated carbocycles. The number of hydrogen-bond donors (Lipinski definition) is 2. The van der Waals surface area contributed by atoms with Gasteiger partial charge in [-0.05, 0) is 45.2 Å². The van der Waals surface area contributed by atoms with Crippen molar-refractivity contribution in [2.24, 2.45) is 0 Å². The summed E-state index contributed by atoms with van der Waals surface area (Å²) in [5.41, 5.74) is 11.5. The van der Waals surface area contributed by atoms with Crippen molar-refractivity contribution in [3.05, 3.63) is 201 Å². The molecular formula is C50H56O2. The highest BCUT2D eigenvalue weighted by molar-refractivity contribution is 5.54. The molecule has 0 heterocycles. The summed E-state index contributed by atoms with van der Waals surface area (Å²) >= 11 is 0. The highest BCUT2D eigenvalue weighted by Crippen LogP contribution is 2.42. The van der Waals surface area contributed by atoms with Gasteiger partial charge in [-0.3, -0.25) is 0 Å². The Kier molecular flexibility index (Phi) is 12.8. The zero-order chi connectivity index (χ0) is 37.4. The summed E-state index contributed by atoms with van der Waals surface area (Å²) in [5.74, 6) is 2.30. The minimum Gasteiger partial charge on any atom is -0.507 e. The van der Waals surface area contributed by atoms with Gasteiger partial charge in [-0.1, -0.05) is 201 Å². The van der Waals surface area contributed by atoms with Crippen molar-refractivity contribution >= 4 is 0 Å². The average molecular weight is 689 g/mol. The van der Waals surface area contributed by atoms with E-state index in [2.05, 4.69) is 177 Å². The van der Waals surface area contributed by atoms with Crippen molar-refractivity contribution in [3.8, 4) is 11.5 Å². The number of hydrogen-bond acceptors (Lipinski definition) is 2. The fraction of sp³-hybridized carbons (Fsp3) is 0.280. The number of benzene rings is 6. The van der Waals surface area contributed by atoms with Crippen LogP contribution in [0.2, 0.25) is 0 Å². The van der Waals surface area contributed by atoms with Crippen LogP contribution in [0.25, 0.3) is 0 Å². The molecule has 0 spiro atoms. The predicted molar refractivity (Wildman–Crippen MR) is 220 cm³/mol. The first-order chi connectivity index (χ1) is 25.0. The molecular weight excluding hydrogens is 633 g/mol. The lowest BCUT2D eigenvalue weighted by molar-refractivity contribution is 0.456. The fourth-order valence-corrected chi connectivity index (χ4v) is 7.08. The van der Waals surface area contributed by atoms with E-state index in [1.54, 1.807) is 0 Å². The number of phenols is 2. The minimum absolute atomic E-state index is 0.150. The van der Waals surface area contributed by atoms with Gasteiger partial charge >= 0.3 is 0 Å². The molecule has 268 valence electrons. The van der Waals surface area contributed by atoms with E-state index in [1.165, 1.54) is 33.4 Å². The lowest BCUT2D eigenvalue weighted by atomic mass is 9.83. The molecule has 0 aliphatic heterocycles. The first-order valence-electron chi connectivity index (χ1n) is 18.9. The molecule has 0 aromatic heterocycles. The maximum absolute atomic E-state index is 11.2. The van der Waals surface area contributed by atoms with Crippen molar-refractivity contribution in [3.63, 3.8) is 0 Å². The quantitative estimate of drug-likeness (QED) is 0.150. The number of rotatable bonds is 10. The Morgan fingerprint density at radius 2 is 0.481 bits per heavy atom. The molecule has 0 fully saturated rings. The van der Waals surface area contributed by atoms with Crippen LogP contribution < -0.4 is 0 Å². The molecule has 6 aromatic carbocycles. The Labute approximate surface area is 312 Å². The second kappa shape index (κ2) is 17.4. The van der Waals surface area contributed by atoms with E-state index in [0.717, 1.165) is 22.3 Å². The van der Waals surface area contributed by atoms with Crippen LogP contribution in [0.5, 0.6) is 11.5 Å². The molecule has 0 radical (unpaired) electrons. The Morgan fingerprint density at radius 1 is 0.288 bits per heavy atom. The predicted octanol–water partition coefficient (Wildman–Crippen LogP) is 13.6. The molecule has 4 atom stereocenters. The van der Waals surface area contributed by atoms with Gasteiger partial charge in [0.25, 0.3) is 0 Å². The first-order valence-corrected chi connectivity index (χ1v) is 18.9. The van der Waals surface area contributed by atoms with Crippen molar-refractivity contribution in [2.45, 2.75) is 90.9 Å². The zero-order valence-electron chi connectivity index (χ0n) is 32.2. The van der Waals surface area contributed by atoms with Crippen LogP contribution in [-0.2, 0) is 0 Å². The normalized spacial score (nSPS) is 13.6. The van der Waals surface area contributed by atoms with Gasteiger partial charge in [-0.15, -0.1) is 0 Å². The number of aromatic hydroxyl groups is 2. The standard InChI is InChI=1S/2C25H28O/c2*1-17(2)22-15-23(18(3)20-11-7-5-8-12-20)25(26)24(16-22)19(4)21-13-9-6-10-14-21/h2*5-19,26H,1-4H3. The molecule has 0 amide bonds. The Hall–Kier alpha value is -5.08. The summed E-state index contributed by atoms with van der Waals surface area (Å²) < 4.78 is 0. The maximum Gasteiger partial charge on any atom is 0.123 e. The molecule has 2 heteroatoms. The first kappa shape index (κ1) is 38.2. The molecule has 6 aromatic rings. The van der Waals surface area contributed by atoms with Gasteiger partial charge in [-0.25, -0.2) is 0 Å². The largest absolute Gasteiger partial charge is 0.507 e. The van der Waals surface area contributed by atoms with E-state index in [1.807, 2.05) is 24.3 Å². The van der Waals surface area contributed by atoms with Crippen LogP contribution in [-0.4, -0.2) is 10.2 Å². The van der Waals surface area contributed by atoms with Crippen molar-refractivity contribution in [2.75, 3.05) is 0 Å². The van der Waals surface area contributed by atoms with Crippen LogP contribution in [0.3, 0.4) is 0 Å². The summed E-state index contributed by atoms with van der Waals surface area (Å²) in [4.78, 5) is 0. The summed E-state index contributed by atoms with van der Waals surface area (Å²) in [5, 5.41) is 22.3. The van der Waals surface area contributed by atoms with Gasteiger partial charge in [-0.2, -0.15) is 0 Å².